The van der Waals surface area contributed by atoms with Gasteiger partial charge < -0.3 is 14.6 Å². The number of rotatable bonds is 5. The Morgan fingerprint density at radius 1 is 1.22 bits per heavy atom. The smallest absolute Gasteiger partial charge is 0.406 e. The molecule has 8 heteroatoms. The average Bonchev–Trinajstić information content (AvgIpc) is 2.99. The van der Waals surface area contributed by atoms with Crippen molar-refractivity contribution in [2.75, 3.05) is 0 Å². The van der Waals surface area contributed by atoms with Crippen LogP contribution in [0.3, 0.4) is 0 Å². The van der Waals surface area contributed by atoms with E-state index in [2.05, 4.69) is 10.1 Å². The lowest BCUT2D eigenvalue weighted by atomic mass is 9.91. The van der Waals surface area contributed by atoms with Crippen molar-refractivity contribution in [3.05, 3.63) is 65.1 Å². The van der Waals surface area contributed by atoms with Crippen LogP contribution < -0.4 is 10.1 Å². The molecule has 0 saturated heterocycles. The molecule has 1 aliphatic carbocycles. The number of hydrogen-bond acceptors (Lipinski definition) is 2. The number of carbonyl (C=O) groups is 1. The SMILES string of the molecule is CC(C)C(=O)NC1CCc2c(c3cc(OC(F)(F)F)ccc3n2Cc2cccc(F)c2)C1. The summed E-state index contributed by atoms with van der Waals surface area (Å²) >= 11 is 0. The summed E-state index contributed by atoms with van der Waals surface area (Å²) in [5.74, 6) is -0.838. The van der Waals surface area contributed by atoms with Crippen molar-refractivity contribution >= 4 is 16.8 Å². The van der Waals surface area contributed by atoms with E-state index in [0.717, 1.165) is 28.8 Å². The fourth-order valence-electron chi connectivity index (χ4n) is 4.32. The van der Waals surface area contributed by atoms with Crippen molar-refractivity contribution in [1.29, 1.82) is 0 Å². The van der Waals surface area contributed by atoms with E-state index >= 15 is 0 Å². The second kappa shape index (κ2) is 8.48. The van der Waals surface area contributed by atoms with Crippen molar-refractivity contribution in [3.63, 3.8) is 0 Å². The third-order valence-corrected chi connectivity index (χ3v) is 5.77. The predicted molar refractivity (Wildman–Crippen MR) is 113 cm³/mol. The Kier molecular flexibility index (Phi) is 5.88. The number of halogens is 4. The highest BCUT2D eigenvalue weighted by atomic mass is 19.4. The molecule has 1 amide bonds. The number of aromatic nitrogens is 1. The van der Waals surface area contributed by atoms with E-state index in [9.17, 15) is 22.4 Å². The van der Waals surface area contributed by atoms with Gasteiger partial charge in [-0.3, -0.25) is 4.79 Å². The number of alkyl halides is 3. The molecule has 0 saturated carbocycles. The molecule has 1 aromatic heterocycles. The maximum Gasteiger partial charge on any atom is 0.573 e. The number of ether oxygens (including phenoxy) is 1. The molecule has 1 heterocycles. The van der Waals surface area contributed by atoms with Crippen LogP contribution in [0.15, 0.2) is 42.5 Å². The molecule has 1 atom stereocenters. The van der Waals surface area contributed by atoms with Gasteiger partial charge in [-0.1, -0.05) is 26.0 Å². The highest BCUT2D eigenvalue weighted by molar-refractivity contribution is 5.87. The normalized spacial score (nSPS) is 16.3. The van der Waals surface area contributed by atoms with Gasteiger partial charge in [-0.05, 0) is 60.7 Å². The Balaban J connectivity index is 1.76. The van der Waals surface area contributed by atoms with Gasteiger partial charge in [0.05, 0.1) is 0 Å². The van der Waals surface area contributed by atoms with Crippen molar-refractivity contribution in [2.45, 2.75) is 52.1 Å². The molecule has 3 aromatic rings. The molecule has 1 aliphatic rings. The van der Waals surface area contributed by atoms with Gasteiger partial charge in [0.25, 0.3) is 0 Å². The molecule has 0 aliphatic heterocycles. The quantitative estimate of drug-likeness (QED) is 0.535. The van der Waals surface area contributed by atoms with Crippen LogP contribution in [-0.4, -0.2) is 22.9 Å². The van der Waals surface area contributed by atoms with Crippen LogP contribution in [0.25, 0.3) is 10.9 Å². The van der Waals surface area contributed by atoms with E-state index in [1.165, 1.54) is 24.3 Å². The zero-order chi connectivity index (χ0) is 23.0. The van der Waals surface area contributed by atoms with Crippen LogP contribution in [0.4, 0.5) is 17.6 Å². The Hall–Kier alpha value is -3.03. The molecular formula is C24H24F4N2O2. The molecule has 0 radical (unpaired) electrons. The minimum Gasteiger partial charge on any atom is -0.406 e. The third-order valence-electron chi connectivity index (χ3n) is 5.77. The first-order chi connectivity index (χ1) is 15.1. The van der Waals surface area contributed by atoms with Gasteiger partial charge in [0, 0.05) is 35.1 Å². The van der Waals surface area contributed by atoms with Crippen LogP contribution in [0.1, 0.15) is 37.1 Å². The molecule has 4 rings (SSSR count). The van der Waals surface area contributed by atoms with E-state index in [1.807, 2.05) is 24.5 Å². The van der Waals surface area contributed by atoms with E-state index in [4.69, 9.17) is 0 Å². The van der Waals surface area contributed by atoms with Crippen molar-refractivity contribution in [3.8, 4) is 5.75 Å². The van der Waals surface area contributed by atoms with Gasteiger partial charge in [-0.25, -0.2) is 4.39 Å². The molecule has 32 heavy (non-hydrogen) atoms. The summed E-state index contributed by atoms with van der Waals surface area (Å²) in [7, 11) is 0. The van der Waals surface area contributed by atoms with Gasteiger partial charge in [-0.15, -0.1) is 13.2 Å². The largest absolute Gasteiger partial charge is 0.573 e. The van der Waals surface area contributed by atoms with E-state index in [1.54, 1.807) is 12.1 Å². The first-order valence-corrected chi connectivity index (χ1v) is 10.6. The van der Waals surface area contributed by atoms with Crippen LogP contribution >= 0.6 is 0 Å². The maximum absolute atomic E-state index is 13.7. The van der Waals surface area contributed by atoms with Crippen LogP contribution in [0.2, 0.25) is 0 Å². The average molecular weight is 448 g/mol. The summed E-state index contributed by atoms with van der Waals surface area (Å²) in [6.45, 7) is 4.02. The third kappa shape index (κ3) is 4.74. The molecule has 170 valence electrons. The van der Waals surface area contributed by atoms with Crippen molar-refractivity contribution < 1.29 is 27.1 Å². The monoisotopic (exact) mass is 448 g/mol. The van der Waals surface area contributed by atoms with E-state index in [-0.39, 0.29) is 29.4 Å². The first kappa shape index (κ1) is 22.2. The molecule has 1 N–H and O–H groups in total. The summed E-state index contributed by atoms with van der Waals surface area (Å²) in [5, 5.41) is 3.69. The molecule has 0 bridgehead atoms. The highest BCUT2D eigenvalue weighted by Crippen LogP contribution is 2.36. The van der Waals surface area contributed by atoms with Crippen molar-refractivity contribution in [2.24, 2.45) is 5.92 Å². The second-order valence-electron chi connectivity index (χ2n) is 8.47. The van der Waals surface area contributed by atoms with Gasteiger partial charge in [0.15, 0.2) is 0 Å². The number of benzene rings is 2. The number of nitrogens with zero attached hydrogens (tertiary/aromatic N) is 1. The van der Waals surface area contributed by atoms with Crippen LogP contribution in [0.5, 0.6) is 5.75 Å². The number of carbonyl (C=O) groups excluding carboxylic acids is 1. The Bertz CT molecular complexity index is 1150. The number of hydrogen-bond donors (Lipinski definition) is 1. The zero-order valence-corrected chi connectivity index (χ0v) is 17.8. The second-order valence-corrected chi connectivity index (χ2v) is 8.47. The Morgan fingerprint density at radius 2 is 2.00 bits per heavy atom. The Labute approximate surface area is 183 Å². The predicted octanol–water partition coefficient (Wildman–Crippen LogP) is 5.36. The van der Waals surface area contributed by atoms with Gasteiger partial charge >= 0.3 is 6.36 Å². The summed E-state index contributed by atoms with van der Waals surface area (Å²) < 4.78 is 58.2. The summed E-state index contributed by atoms with van der Waals surface area (Å²) in [6, 6.07) is 10.5. The van der Waals surface area contributed by atoms with E-state index < -0.39 is 6.36 Å². The van der Waals surface area contributed by atoms with Gasteiger partial charge in [-0.2, -0.15) is 0 Å². The first-order valence-electron chi connectivity index (χ1n) is 10.6. The fourth-order valence-corrected chi connectivity index (χ4v) is 4.32. The number of fused-ring (bicyclic) bond motifs is 3. The summed E-state index contributed by atoms with van der Waals surface area (Å²) in [6.07, 6.45) is -2.91. The molecule has 4 nitrogen and oxygen atoms in total. The lowest BCUT2D eigenvalue weighted by Crippen LogP contribution is -2.41. The van der Waals surface area contributed by atoms with Crippen LogP contribution in [0, 0.1) is 11.7 Å². The van der Waals surface area contributed by atoms with Gasteiger partial charge in [0.1, 0.15) is 11.6 Å². The van der Waals surface area contributed by atoms with E-state index in [0.29, 0.717) is 24.8 Å². The molecular weight excluding hydrogens is 424 g/mol. The zero-order valence-electron chi connectivity index (χ0n) is 17.8. The minimum atomic E-state index is -4.79. The maximum atomic E-state index is 13.7. The number of amides is 1. The van der Waals surface area contributed by atoms with Crippen LogP contribution in [-0.2, 0) is 24.2 Å². The molecule has 1 unspecified atom stereocenters. The Morgan fingerprint density at radius 3 is 2.69 bits per heavy atom. The molecule has 0 spiro atoms. The molecule has 0 fully saturated rings. The topological polar surface area (TPSA) is 43.3 Å². The highest BCUT2D eigenvalue weighted by Gasteiger charge is 2.32. The number of nitrogens with one attached hydrogen (secondary N) is 1. The summed E-state index contributed by atoms with van der Waals surface area (Å²) in [4.78, 5) is 12.2. The fraction of sp³-hybridized carbons (Fsp3) is 0.375. The minimum absolute atomic E-state index is 0.0527. The molecule has 2 aromatic carbocycles. The summed E-state index contributed by atoms with van der Waals surface area (Å²) in [5.41, 5.74) is 3.40. The standard InChI is InChI=1S/C24H24F4N2O2/c1-14(2)23(31)29-17-6-8-21-19(11-17)20-12-18(32-24(26,27)28)7-9-22(20)30(21)13-15-4-3-5-16(25)10-15/h3-5,7,9-10,12,14,17H,6,8,11,13H2,1-2H3,(H,29,31). The lowest BCUT2D eigenvalue weighted by molar-refractivity contribution is -0.274. The van der Waals surface area contributed by atoms with Gasteiger partial charge in [0.2, 0.25) is 5.91 Å². The van der Waals surface area contributed by atoms with Crippen molar-refractivity contribution in [1.82, 2.24) is 9.88 Å². The lowest BCUT2D eigenvalue weighted by Gasteiger charge is -2.26.